The lowest BCUT2D eigenvalue weighted by atomic mass is 9.99. The highest BCUT2D eigenvalue weighted by molar-refractivity contribution is 5.65. The summed E-state index contributed by atoms with van der Waals surface area (Å²) in [4.78, 5) is 11.9. The molecule has 1 saturated heterocycles. The Morgan fingerprint density at radius 3 is 2.43 bits per heavy atom. The Bertz CT molecular complexity index is 294. The maximum Gasteiger partial charge on any atom is 0.407 e. The molecule has 1 heterocycles. The lowest BCUT2D eigenvalue weighted by molar-refractivity contribution is 0.141. The second-order valence-electron chi connectivity index (χ2n) is 3.12. The Balaban J connectivity index is 2.63. The number of carboxylic acid groups (broad SMARTS) is 1. The fourth-order valence-corrected chi connectivity index (χ4v) is 1.50. The average molecular weight is 196 g/mol. The second kappa shape index (κ2) is 4.63. The van der Waals surface area contributed by atoms with E-state index in [1.54, 1.807) is 0 Å². The molecule has 5 heteroatoms. The van der Waals surface area contributed by atoms with Crippen LogP contribution >= 0.6 is 0 Å². The zero-order chi connectivity index (χ0) is 10.6. The largest absolute Gasteiger partial charge is 0.465 e. The number of carbonyl (C=O) groups is 1. The van der Waals surface area contributed by atoms with E-state index in [1.807, 2.05) is 6.07 Å². The van der Waals surface area contributed by atoms with Gasteiger partial charge in [-0.25, -0.2) is 4.79 Å². The molecule has 0 unspecified atom stereocenters. The number of rotatable bonds is 1. The zero-order valence-corrected chi connectivity index (χ0v) is 7.73. The van der Waals surface area contributed by atoms with E-state index in [1.165, 1.54) is 4.90 Å². The molecule has 0 bridgehead atoms. The number of hydrogen-bond acceptors (Lipinski definition) is 3. The third-order valence-electron chi connectivity index (χ3n) is 2.36. The van der Waals surface area contributed by atoms with Crippen molar-refractivity contribution in [3.05, 3.63) is 11.1 Å². The lowest BCUT2D eigenvalue weighted by Crippen LogP contribution is -2.35. The first-order chi connectivity index (χ1) is 6.69. The van der Waals surface area contributed by atoms with E-state index in [9.17, 15) is 4.79 Å². The van der Waals surface area contributed by atoms with Crippen molar-refractivity contribution in [3.8, 4) is 6.07 Å². The van der Waals surface area contributed by atoms with Crippen LogP contribution in [-0.2, 0) is 0 Å². The molecule has 1 rings (SSSR count). The first kappa shape index (κ1) is 10.5. The molecule has 1 aliphatic heterocycles. The van der Waals surface area contributed by atoms with Crippen LogP contribution in [0.5, 0.6) is 0 Å². The normalized spacial score (nSPS) is 16.3. The minimum absolute atomic E-state index is 0.251. The van der Waals surface area contributed by atoms with Crippen LogP contribution in [-0.4, -0.2) is 40.9 Å². The Morgan fingerprint density at radius 2 is 2.07 bits per heavy atom. The predicted octanol–water partition coefficient (Wildman–Crippen LogP) is 0.573. The van der Waals surface area contributed by atoms with Gasteiger partial charge in [0.15, 0.2) is 0 Å². The first-order valence-electron chi connectivity index (χ1n) is 4.38. The van der Waals surface area contributed by atoms with E-state index in [0.29, 0.717) is 31.5 Å². The van der Waals surface area contributed by atoms with Gasteiger partial charge < -0.3 is 15.1 Å². The third-order valence-corrected chi connectivity index (χ3v) is 2.36. The summed E-state index contributed by atoms with van der Waals surface area (Å²) in [5.74, 6) is 0. The smallest absolute Gasteiger partial charge is 0.407 e. The molecule has 76 valence electrons. The fourth-order valence-electron chi connectivity index (χ4n) is 1.50. The van der Waals surface area contributed by atoms with Gasteiger partial charge in [0.25, 0.3) is 0 Å². The molecule has 0 atom stereocenters. The molecule has 5 nitrogen and oxygen atoms in total. The standard InChI is InChI=1S/C9H12N2O3/c10-5-8(6-12)7-1-3-11(4-2-7)9(13)14/h12H,1-4,6H2,(H,13,14). The highest BCUT2D eigenvalue weighted by Crippen LogP contribution is 2.19. The Labute approximate surface area is 81.9 Å². The number of amides is 1. The molecule has 0 aromatic carbocycles. The summed E-state index contributed by atoms with van der Waals surface area (Å²) in [7, 11) is 0. The molecule has 0 spiro atoms. The number of nitriles is 1. The number of hydrogen-bond donors (Lipinski definition) is 2. The van der Waals surface area contributed by atoms with Crippen LogP contribution in [0.4, 0.5) is 4.79 Å². The molecule has 1 amide bonds. The van der Waals surface area contributed by atoms with E-state index in [-0.39, 0.29) is 6.61 Å². The summed E-state index contributed by atoms with van der Waals surface area (Å²) in [6.07, 6.45) is 0.178. The Hall–Kier alpha value is -1.54. The first-order valence-corrected chi connectivity index (χ1v) is 4.38. The van der Waals surface area contributed by atoms with Crippen molar-refractivity contribution in [2.45, 2.75) is 12.8 Å². The zero-order valence-electron chi connectivity index (χ0n) is 7.73. The number of nitrogens with zero attached hydrogens (tertiary/aromatic N) is 2. The summed E-state index contributed by atoms with van der Waals surface area (Å²) < 4.78 is 0. The van der Waals surface area contributed by atoms with Crippen molar-refractivity contribution in [1.29, 1.82) is 5.26 Å². The van der Waals surface area contributed by atoms with Gasteiger partial charge in [0.05, 0.1) is 18.2 Å². The van der Waals surface area contributed by atoms with Gasteiger partial charge in [-0.1, -0.05) is 5.57 Å². The molecule has 14 heavy (non-hydrogen) atoms. The van der Waals surface area contributed by atoms with Crippen molar-refractivity contribution < 1.29 is 15.0 Å². The van der Waals surface area contributed by atoms with Crippen LogP contribution in [0.25, 0.3) is 0 Å². The predicted molar refractivity (Wildman–Crippen MR) is 48.6 cm³/mol. The summed E-state index contributed by atoms with van der Waals surface area (Å²) in [5, 5.41) is 26.2. The van der Waals surface area contributed by atoms with Crippen molar-refractivity contribution in [2.75, 3.05) is 19.7 Å². The topological polar surface area (TPSA) is 84.6 Å². The van der Waals surface area contributed by atoms with Gasteiger partial charge in [-0.2, -0.15) is 5.26 Å². The molecule has 0 aromatic heterocycles. The van der Waals surface area contributed by atoms with Gasteiger partial charge >= 0.3 is 6.09 Å². The van der Waals surface area contributed by atoms with E-state index in [2.05, 4.69) is 0 Å². The minimum Gasteiger partial charge on any atom is -0.465 e. The summed E-state index contributed by atoms with van der Waals surface area (Å²) in [6.45, 7) is 0.574. The van der Waals surface area contributed by atoms with Crippen molar-refractivity contribution >= 4 is 6.09 Å². The van der Waals surface area contributed by atoms with E-state index < -0.39 is 6.09 Å². The number of aliphatic hydroxyl groups is 1. The maximum absolute atomic E-state index is 10.6. The third kappa shape index (κ3) is 2.24. The van der Waals surface area contributed by atoms with Gasteiger partial charge in [0.1, 0.15) is 0 Å². The monoisotopic (exact) mass is 196 g/mol. The van der Waals surface area contributed by atoms with Gasteiger partial charge in [0, 0.05) is 13.1 Å². The van der Waals surface area contributed by atoms with Crippen LogP contribution in [0.2, 0.25) is 0 Å². The van der Waals surface area contributed by atoms with Crippen LogP contribution in [0.3, 0.4) is 0 Å². The average Bonchev–Trinajstić information content (AvgIpc) is 2.20. The minimum atomic E-state index is -0.924. The summed E-state index contributed by atoms with van der Waals surface area (Å²) in [5.41, 5.74) is 1.27. The van der Waals surface area contributed by atoms with Crippen LogP contribution in [0.1, 0.15) is 12.8 Å². The SMILES string of the molecule is N#CC(CO)=C1CCN(C(=O)O)CC1. The van der Waals surface area contributed by atoms with Gasteiger partial charge in [-0.05, 0) is 12.8 Å². The molecule has 1 aliphatic rings. The number of likely N-dealkylation sites (tertiary alicyclic amines) is 1. The highest BCUT2D eigenvalue weighted by Gasteiger charge is 2.19. The quantitative estimate of drug-likeness (QED) is 0.600. The van der Waals surface area contributed by atoms with Crippen molar-refractivity contribution in [1.82, 2.24) is 4.90 Å². The van der Waals surface area contributed by atoms with Crippen LogP contribution in [0, 0.1) is 11.3 Å². The second-order valence-corrected chi connectivity index (χ2v) is 3.12. The van der Waals surface area contributed by atoms with Crippen LogP contribution in [0.15, 0.2) is 11.1 Å². The summed E-state index contributed by atoms with van der Waals surface area (Å²) in [6, 6.07) is 1.93. The highest BCUT2D eigenvalue weighted by atomic mass is 16.4. The van der Waals surface area contributed by atoms with Crippen molar-refractivity contribution in [3.63, 3.8) is 0 Å². The lowest BCUT2D eigenvalue weighted by Gasteiger charge is -2.26. The molecular weight excluding hydrogens is 184 g/mol. The van der Waals surface area contributed by atoms with E-state index >= 15 is 0 Å². The van der Waals surface area contributed by atoms with Crippen LogP contribution < -0.4 is 0 Å². The Kier molecular flexibility index (Phi) is 3.48. The maximum atomic E-state index is 10.6. The van der Waals surface area contributed by atoms with Crippen molar-refractivity contribution in [2.24, 2.45) is 0 Å². The fraction of sp³-hybridized carbons (Fsp3) is 0.556. The van der Waals surface area contributed by atoms with Gasteiger partial charge in [-0.15, -0.1) is 0 Å². The van der Waals surface area contributed by atoms with E-state index in [0.717, 1.165) is 5.57 Å². The molecule has 0 radical (unpaired) electrons. The van der Waals surface area contributed by atoms with Gasteiger partial charge in [-0.3, -0.25) is 0 Å². The molecule has 2 N–H and O–H groups in total. The Morgan fingerprint density at radius 1 is 1.50 bits per heavy atom. The van der Waals surface area contributed by atoms with E-state index in [4.69, 9.17) is 15.5 Å². The van der Waals surface area contributed by atoms with Gasteiger partial charge in [0.2, 0.25) is 0 Å². The number of piperidine rings is 1. The molecule has 1 fully saturated rings. The number of aliphatic hydroxyl groups excluding tert-OH is 1. The molecule has 0 aromatic rings. The summed E-state index contributed by atoms with van der Waals surface area (Å²) >= 11 is 0. The molecule has 0 saturated carbocycles. The molecule has 0 aliphatic carbocycles. The molecular formula is C9H12N2O3.